The fraction of sp³-hybridized carbons (Fsp3) is 0.714. The Hall–Kier alpha value is -1.54. The maximum absolute atomic E-state index is 11.5. The fourth-order valence-corrected chi connectivity index (χ4v) is 2.17. The summed E-state index contributed by atoms with van der Waals surface area (Å²) in [6, 6.07) is 0. The summed E-state index contributed by atoms with van der Waals surface area (Å²) < 4.78 is 5.55. The molecular formula is C14H22N2O3. The van der Waals surface area contributed by atoms with Crippen LogP contribution in [0.3, 0.4) is 0 Å². The number of amides is 2. The van der Waals surface area contributed by atoms with Gasteiger partial charge in [-0.3, -0.25) is 9.59 Å². The zero-order valence-electron chi connectivity index (χ0n) is 11.4. The van der Waals surface area contributed by atoms with E-state index in [0.29, 0.717) is 5.92 Å². The Morgan fingerprint density at radius 2 is 2.11 bits per heavy atom. The van der Waals surface area contributed by atoms with E-state index >= 15 is 0 Å². The van der Waals surface area contributed by atoms with E-state index in [1.807, 2.05) is 0 Å². The largest absolute Gasteiger partial charge is 0.368 e. The maximum atomic E-state index is 11.5. The van der Waals surface area contributed by atoms with Gasteiger partial charge in [0.25, 0.3) is 0 Å². The molecule has 5 nitrogen and oxygen atoms in total. The molecule has 2 atom stereocenters. The minimum Gasteiger partial charge on any atom is -0.368 e. The molecule has 1 aliphatic carbocycles. The lowest BCUT2D eigenvalue weighted by Crippen LogP contribution is -2.39. The molecule has 0 saturated heterocycles. The third-order valence-corrected chi connectivity index (χ3v) is 3.17. The van der Waals surface area contributed by atoms with Gasteiger partial charge in [-0.05, 0) is 18.8 Å². The van der Waals surface area contributed by atoms with Crippen molar-refractivity contribution in [3.05, 3.63) is 0 Å². The predicted molar refractivity (Wildman–Crippen MR) is 72.2 cm³/mol. The molecule has 0 aromatic carbocycles. The van der Waals surface area contributed by atoms with Gasteiger partial charge >= 0.3 is 0 Å². The summed E-state index contributed by atoms with van der Waals surface area (Å²) in [7, 11) is 0. The van der Waals surface area contributed by atoms with Gasteiger partial charge in [-0.2, -0.15) is 0 Å². The van der Waals surface area contributed by atoms with Gasteiger partial charge in [0.2, 0.25) is 11.8 Å². The molecule has 2 amide bonds. The minimum absolute atomic E-state index is 0.0137. The van der Waals surface area contributed by atoms with E-state index in [4.69, 9.17) is 11.2 Å². The quantitative estimate of drug-likeness (QED) is 0.686. The highest BCUT2D eigenvalue weighted by molar-refractivity contribution is 5.85. The lowest BCUT2D eigenvalue weighted by molar-refractivity contribution is -0.131. The molecule has 1 rings (SSSR count). The van der Waals surface area contributed by atoms with Crippen molar-refractivity contribution in [2.75, 3.05) is 19.7 Å². The molecule has 0 aromatic rings. The molecule has 0 spiro atoms. The van der Waals surface area contributed by atoms with Crippen LogP contribution in [0.5, 0.6) is 0 Å². The van der Waals surface area contributed by atoms with Gasteiger partial charge in [-0.1, -0.05) is 25.7 Å². The van der Waals surface area contributed by atoms with Gasteiger partial charge in [0, 0.05) is 0 Å². The highest BCUT2D eigenvalue weighted by atomic mass is 16.5. The molecular weight excluding hydrogens is 244 g/mol. The first-order valence-corrected chi connectivity index (χ1v) is 6.70. The molecule has 1 aliphatic rings. The molecule has 2 N–H and O–H groups in total. The maximum Gasteiger partial charge on any atom is 0.246 e. The summed E-state index contributed by atoms with van der Waals surface area (Å²) in [5.74, 6) is 2.39. The molecule has 19 heavy (non-hydrogen) atoms. The first kappa shape index (κ1) is 15.5. The highest BCUT2D eigenvalue weighted by Gasteiger charge is 2.20. The Morgan fingerprint density at radius 1 is 1.32 bits per heavy atom. The van der Waals surface area contributed by atoms with Gasteiger partial charge < -0.3 is 15.4 Å². The van der Waals surface area contributed by atoms with Crippen LogP contribution in [0.15, 0.2) is 0 Å². The van der Waals surface area contributed by atoms with E-state index in [0.717, 1.165) is 19.3 Å². The van der Waals surface area contributed by atoms with Crippen LogP contribution >= 0.6 is 0 Å². The van der Waals surface area contributed by atoms with Gasteiger partial charge in [-0.15, -0.1) is 6.42 Å². The summed E-state index contributed by atoms with van der Waals surface area (Å²) in [6.07, 6.45) is 9.59. The molecule has 1 saturated carbocycles. The Balaban J connectivity index is 2.10. The lowest BCUT2D eigenvalue weighted by atomic mass is 9.89. The van der Waals surface area contributed by atoms with Crippen molar-refractivity contribution in [2.45, 2.75) is 38.7 Å². The Morgan fingerprint density at radius 3 is 2.79 bits per heavy atom. The average Bonchev–Trinajstić information content (AvgIpc) is 2.40. The number of carbonyl (C=O) groups is 2. The van der Waals surface area contributed by atoms with Crippen LogP contribution in [0.4, 0.5) is 0 Å². The van der Waals surface area contributed by atoms with Gasteiger partial charge in [0.15, 0.2) is 0 Å². The van der Waals surface area contributed by atoms with E-state index in [1.165, 1.54) is 6.42 Å². The Bertz CT molecular complexity index is 349. The zero-order valence-corrected chi connectivity index (χ0v) is 11.4. The van der Waals surface area contributed by atoms with Crippen LogP contribution in [-0.4, -0.2) is 37.6 Å². The second kappa shape index (κ2) is 8.54. The standard InChI is InChI=1S/C14H22N2O3/c1-3-7-15-13(17)9-16-14(18)10-19-12-6-4-5-11(2)8-12/h1,11-12H,4-10H2,2H3,(H,15,17)(H,16,18)/t11-,12+/m1/s1. The summed E-state index contributed by atoms with van der Waals surface area (Å²) in [5.41, 5.74) is 0. The van der Waals surface area contributed by atoms with Crippen LogP contribution in [0, 0.1) is 18.3 Å². The van der Waals surface area contributed by atoms with Crippen LogP contribution in [0.25, 0.3) is 0 Å². The van der Waals surface area contributed by atoms with E-state index in [2.05, 4.69) is 23.5 Å². The van der Waals surface area contributed by atoms with Crippen molar-refractivity contribution in [3.8, 4) is 12.3 Å². The van der Waals surface area contributed by atoms with Crippen molar-refractivity contribution >= 4 is 11.8 Å². The van der Waals surface area contributed by atoms with Crippen molar-refractivity contribution in [3.63, 3.8) is 0 Å². The second-order valence-corrected chi connectivity index (χ2v) is 4.96. The Labute approximate surface area is 114 Å². The third kappa shape index (κ3) is 6.82. The van der Waals surface area contributed by atoms with Gasteiger partial charge in [0.05, 0.1) is 19.2 Å². The molecule has 1 fully saturated rings. The summed E-state index contributed by atoms with van der Waals surface area (Å²) in [6.45, 7) is 2.32. The van der Waals surface area contributed by atoms with Crippen molar-refractivity contribution in [2.24, 2.45) is 5.92 Å². The second-order valence-electron chi connectivity index (χ2n) is 4.96. The molecule has 5 heteroatoms. The number of hydrogen-bond acceptors (Lipinski definition) is 3. The Kier molecular flexibility index (Phi) is 6.98. The number of carbonyl (C=O) groups excluding carboxylic acids is 2. The molecule has 0 unspecified atom stereocenters. The molecule has 106 valence electrons. The first-order valence-electron chi connectivity index (χ1n) is 6.70. The normalized spacial score (nSPS) is 22.3. The molecule has 0 aliphatic heterocycles. The summed E-state index contributed by atoms with van der Waals surface area (Å²) in [4.78, 5) is 22.7. The first-order chi connectivity index (χ1) is 9.11. The van der Waals surface area contributed by atoms with E-state index < -0.39 is 0 Å². The number of terminal acetylenes is 1. The number of rotatable bonds is 6. The molecule has 0 bridgehead atoms. The van der Waals surface area contributed by atoms with Gasteiger partial charge in [0.1, 0.15) is 6.61 Å². The van der Waals surface area contributed by atoms with Crippen molar-refractivity contribution in [1.29, 1.82) is 0 Å². The SMILES string of the molecule is C#CCNC(=O)CNC(=O)CO[C@H]1CCC[C@@H](C)C1. The van der Waals surface area contributed by atoms with Crippen LogP contribution in [0.2, 0.25) is 0 Å². The average molecular weight is 266 g/mol. The number of hydrogen-bond donors (Lipinski definition) is 2. The summed E-state index contributed by atoms with van der Waals surface area (Å²) >= 11 is 0. The fourth-order valence-electron chi connectivity index (χ4n) is 2.17. The molecule has 0 radical (unpaired) electrons. The lowest BCUT2D eigenvalue weighted by Gasteiger charge is -2.26. The third-order valence-electron chi connectivity index (χ3n) is 3.17. The highest BCUT2D eigenvalue weighted by Crippen LogP contribution is 2.25. The molecule has 0 aromatic heterocycles. The van der Waals surface area contributed by atoms with E-state index in [1.54, 1.807) is 0 Å². The van der Waals surface area contributed by atoms with Crippen molar-refractivity contribution < 1.29 is 14.3 Å². The minimum atomic E-state index is -0.294. The smallest absolute Gasteiger partial charge is 0.246 e. The zero-order chi connectivity index (χ0) is 14.1. The predicted octanol–water partition coefficient (Wildman–Crippen LogP) is 0.447. The van der Waals surface area contributed by atoms with Crippen LogP contribution < -0.4 is 10.6 Å². The topological polar surface area (TPSA) is 67.4 Å². The van der Waals surface area contributed by atoms with Crippen LogP contribution in [-0.2, 0) is 14.3 Å². The molecule has 0 heterocycles. The van der Waals surface area contributed by atoms with Crippen LogP contribution in [0.1, 0.15) is 32.6 Å². The van der Waals surface area contributed by atoms with E-state index in [-0.39, 0.29) is 37.6 Å². The van der Waals surface area contributed by atoms with Gasteiger partial charge in [-0.25, -0.2) is 0 Å². The summed E-state index contributed by atoms with van der Waals surface area (Å²) in [5, 5.41) is 4.97. The number of ether oxygens (including phenoxy) is 1. The number of nitrogens with one attached hydrogen (secondary N) is 2. The monoisotopic (exact) mass is 266 g/mol. The van der Waals surface area contributed by atoms with Crippen molar-refractivity contribution in [1.82, 2.24) is 10.6 Å². The van der Waals surface area contributed by atoms with E-state index in [9.17, 15) is 9.59 Å².